The van der Waals surface area contributed by atoms with Crippen molar-refractivity contribution < 1.29 is 24.2 Å². The zero-order valence-corrected chi connectivity index (χ0v) is 21.5. The molecular weight excluding hydrogens is 559 g/mol. The number of carbonyl (C=O) groups is 2. The average molecular weight is 582 g/mol. The molecule has 0 fully saturated rings. The van der Waals surface area contributed by atoms with Crippen LogP contribution in [-0.4, -0.2) is 24.1 Å². The maximum absolute atomic E-state index is 12.7. The fourth-order valence-electron chi connectivity index (χ4n) is 3.25. The van der Waals surface area contributed by atoms with E-state index in [4.69, 9.17) is 14.6 Å². The molecule has 178 valence electrons. The number of carboxylic acid groups (broad SMARTS) is 1. The number of anilines is 1. The van der Waals surface area contributed by atoms with E-state index in [1.807, 2.05) is 32.0 Å². The first-order valence-corrected chi connectivity index (χ1v) is 11.6. The lowest BCUT2D eigenvalue weighted by Gasteiger charge is -2.14. The molecule has 0 aliphatic rings. The first-order valence-electron chi connectivity index (χ1n) is 10.6. The second-order valence-corrected chi connectivity index (χ2v) is 8.86. The molecule has 0 saturated heterocycles. The van der Waals surface area contributed by atoms with Gasteiger partial charge in [0.1, 0.15) is 18.2 Å². The number of carbonyl (C=O) groups excluding carboxylic acids is 1. The number of ether oxygens (including phenoxy) is 2. The van der Waals surface area contributed by atoms with E-state index in [0.717, 1.165) is 20.3 Å². The van der Waals surface area contributed by atoms with Gasteiger partial charge in [-0.15, -0.1) is 0 Å². The molecule has 3 rings (SSSR count). The molecule has 0 spiro atoms. The number of halogens is 1. The molecule has 0 bridgehead atoms. The largest absolute Gasteiger partial charge is 0.493 e. The van der Waals surface area contributed by atoms with Gasteiger partial charge in [0, 0.05) is 5.69 Å². The highest BCUT2D eigenvalue weighted by atomic mass is 127. The van der Waals surface area contributed by atoms with Crippen LogP contribution in [0.25, 0.3) is 6.08 Å². The van der Waals surface area contributed by atoms with Crippen LogP contribution in [0.1, 0.15) is 32.6 Å². The van der Waals surface area contributed by atoms with Gasteiger partial charge in [-0.2, -0.15) is 5.26 Å². The standard InChI is InChI=1S/C27H23IN2O5/c1-16-5-4-6-23(17(16)2)30-26(31)21(14-29)11-19-12-22(28)25(24(13-19)34-3)35-15-18-7-9-20(10-8-18)27(32)33/h4-13H,15H2,1-3H3,(H,30,31)(H,32,33)/b21-11+. The normalized spacial score (nSPS) is 10.9. The Morgan fingerprint density at radius 2 is 1.86 bits per heavy atom. The van der Waals surface area contributed by atoms with Crippen molar-refractivity contribution in [3.63, 3.8) is 0 Å². The van der Waals surface area contributed by atoms with Gasteiger partial charge in [-0.1, -0.05) is 24.3 Å². The van der Waals surface area contributed by atoms with Crippen LogP contribution >= 0.6 is 22.6 Å². The SMILES string of the molecule is COc1cc(/C=C(\C#N)C(=O)Nc2cccc(C)c2C)cc(I)c1OCc1ccc(C(=O)O)cc1. The number of hydrogen-bond donors (Lipinski definition) is 2. The van der Waals surface area contributed by atoms with Gasteiger partial charge in [-0.05, 0) is 95.1 Å². The van der Waals surface area contributed by atoms with Crippen LogP contribution in [-0.2, 0) is 11.4 Å². The molecular formula is C27H23IN2O5. The van der Waals surface area contributed by atoms with Gasteiger partial charge in [0.25, 0.3) is 5.91 Å². The maximum atomic E-state index is 12.7. The Morgan fingerprint density at radius 1 is 1.14 bits per heavy atom. The maximum Gasteiger partial charge on any atom is 0.335 e. The van der Waals surface area contributed by atoms with Gasteiger partial charge >= 0.3 is 5.97 Å². The van der Waals surface area contributed by atoms with Crippen molar-refractivity contribution in [1.29, 1.82) is 5.26 Å². The number of rotatable bonds is 8. The van der Waals surface area contributed by atoms with Crippen LogP contribution in [0, 0.1) is 28.7 Å². The number of methoxy groups -OCH3 is 1. The summed E-state index contributed by atoms with van der Waals surface area (Å²) in [6.07, 6.45) is 1.50. The summed E-state index contributed by atoms with van der Waals surface area (Å²) in [5.74, 6) is -0.541. The van der Waals surface area contributed by atoms with Crippen LogP contribution in [0.2, 0.25) is 0 Å². The van der Waals surface area contributed by atoms with Gasteiger partial charge < -0.3 is 19.9 Å². The van der Waals surface area contributed by atoms with Crippen LogP contribution < -0.4 is 14.8 Å². The van der Waals surface area contributed by atoms with Crippen LogP contribution in [0.3, 0.4) is 0 Å². The minimum atomic E-state index is -0.989. The van der Waals surface area contributed by atoms with E-state index < -0.39 is 11.9 Å². The lowest BCUT2D eigenvalue weighted by molar-refractivity contribution is -0.112. The number of aryl methyl sites for hydroxylation is 1. The van der Waals surface area contributed by atoms with E-state index in [2.05, 4.69) is 27.9 Å². The molecule has 0 atom stereocenters. The average Bonchev–Trinajstić information content (AvgIpc) is 2.84. The Labute approximate surface area is 217 Å². The van der Waals surface area contributed by atoms with Crippen molar-refractivity contribution >= 4 is 46.2 Å². The van der Waals surface area contributed by atoms with Crippen LogP contribution in [0.5, 0.6) is 11.5 Å². The Bertz CT molecular complexity index is 1340. The van der Waals surface area contributed by atoms with Crippen molar-refractivity contribution in [2.24, 2.45) is 0 Å². The predicted molar refractivity (Wildman–Crippen MR) is 142 cm³/mol. The molecule has 0 aliphatic heterocycles. The number of nitrogens with zero attached hydrogens (tertiary/aromatic N) is 1. The highest BCUT2D eigenvalue weighted by Crippen LogP contribution is 2.35. The molecule has 8 heteroatoms. The third-order valence-corrected chi connectivity index (χ3v) is 6.17. The molecule has 7 nitrogen and oxygen atoms in total. The zero-order chi connectivity index (χ0) is 25.5. The summed E-state index contributed by atoms with van der Waals surface area (Å²) in [5.41, 5.74) is 4.20. The Balaban J connectivity index is 1.81. The quantitative estimate of drug-likeness (QED) is 0.199. The second kappa shape index (κ2) is 11.5. The number of hydrogen-bond acceptors (Lipinski definition) is 5. The molecule has 0 aromatic heterocycles. The molecule has 1 amide bonds. The molecule has 35 heavy (non-hydrogen) atoms. The molecule has 0 heterocycles. The van der Waals surface area contributed by atoms with E-state index in [9.17, 15) is 14.9 Å². The Kier molecular flexibility index (Phi) is 8.49. The molecule has 3 aromatic carbocycles. The second-order valence-electron chi connectivity index (χ2n) is 7.70. The number of nitriles is 1. The lowest BCUT2D eigenvalue weighted by Crippen LogP contribution is -2.14. The van der Waals surface area contributed by atoms with Crippen molar-refractivity contribution in [3.8, 4) is 17.6 Å². The number of aromatic carboxylic acids is 1. The monoisotopic (exact) mass is 582 g/mol. The minimum absolute atomic E-state index is 0.0454. The van der Waals surface area contributed by atoms with Gasteiger partial charge in [-0.3, -0.25) is 4.79 Å². The topological polar surface area (TPSA) is 109 Å². The lowest BCUT2D eigenvalue weighted by atomic mass is 10.1. The third kappa shape index (κ3) is 6.39. The molecule has 2 N–H and O–H groups in total. The van der Waals surface area contributed by atoms with E-state index in [0.29, 0.717) is 22.7 Å². The number of nitrogens with one attached hydrogen (secondary N) is 1. The molecule has 0 radical (unpaired) electrons. The molecule has 0 unspecified atom stereocenters. The molecule has 3 aromatic rings. The highest BCUT2D eigenvalue weighted by molar-refractivity contribution is 14.1. The first-order chi connectivity index (χ1) is 16.7. The summed E-state index contributed by atoms with van der Waals surface area (Å²) in [6.45, 7) is 4.07. The zero-order valence-electron chi connectivity index (χ0n) is 19.4. The van der Waals surface area contributed by atoms with E-state index in [1.54, 1.807) is 30.3 Å². The van der Waals surface area contributed by atoms with E-state index in [1.165, 1.54) is 25.3 Å². The Hall–Kier alpha value is -3.84. The van der Waals surface area contributed by atoms with Gasteiger partial charge in [0.15, 0.2) is 11.5 Å². The van der Waals surface area contributed by atoms with E-state index >= 15 is 0 Å². The summed E-state index contributed by atoms with van der Waals surface area (Å²) in [7, 11) is 1.51. The first kappa shape index (κ1) is 25.8. The van der Waals surface area contributed by atoms with Gasteiger partial charge in [0.2, 0.25) is 0 Å². The number of amides is 1. The van der Waals surface area contributed by atoms with Crippen molar-refractivity contribution in [3.05, 3.63) is 91.6 Å². The molecule has 0 saturated carbocycles. The predicted octanol–water partition coefficient (Wildman–Crippen LogP) is 5.74. The van der Waals surface area contributed by atoms with Crippen molar-refractivity contribution in [2.45, 2.75) is 20.5 Å². The third-order valence-electron chi connectivity index (χ3n) is 5.36. The highest BCUT2D eigenvalue weighted by Gasteiger charge is 2.15. The number of carboxylic acids is 1. The summed E-state index contributed by atoms with van der Waals surface area (Å²) in [4.78, 5) is 23.8. The van der Waals surface area contributed by atoms with Crippen molar-refractivity contribution in [1.82, 2.24) is 0 Å². The summed E-state index contributed by atoms with van der Waals surface area (Å²) in [6, 6.07) is 17.4. The number of benzene rings is 3. The summed E-state index contributed by atoms with van der Waals surface area (Å²) >= 11 is 2.10. The van der Waals surface area contributed by atoms with E-state index in [-0.39, 0.29) is 17.7 Å². The Morgan fingerprint density at radius 3 is 2.49 bits per heavy atom. The van der Waals surface area contributed by atoms with Crippen LogP contribution in [0.15, 0.2) is 60.2 Å². The summed E-state index contributed by atoms with van der Waals surface area (Å²) < 4.78 is 12.1. The smallest absolute Gasteiger partial charge is 0.335 e. The fraction of sp³-hybridized carbons (Fsp3) is 0.148. The van der Waals surface area contributed by atoms with Crippen molar-refractivity contribution in [2.75, 3.05) is 12.4 Å². The fourth-order valence-corrected chi connectivity index (χ4v) is 4.03. The molecule has 0 aliphatic carbocycles. The minimum Gasteiger partial charge on any atom is -0.493 e. The van der Waals surface area contributed by atoms with Crippen LogP contribution in [0.4, 0.5) is 5.69 Å². The summed E-state index contributed by atoms with van der Waals surface area (Å²) in [5, 5.41) is 21.4. The van der Waals surface area contributed by atoms with Gasteiger partial charge in [0.05, 0.1) is 16.2 Å². The van der Waals surface area contributed by atoms with Gasteiger partial charge in [-0.25, -0.2) is 4.79 Å².